The Morgan fingerprint density at radius 2 is 2.04 bits per heavy atom. The molecule has 1 aromatic heterocycles. The fourth-order valence-corrected chi connectivity index (χ4v) is 4.30. The van der Waals surface area contributed by atoms with Crippen LogP contribution in [-0.2, 0) is 11.8 Å². The number of aromatic nitrogens is 3. The summed E-state index contributed by atoms with van der Waals surface area (Å²) in [7, 11) is 1.85. The van der Waals surface area contributed by atoms with E-state index in [1.54, 1.807) is 6.07 Å². The Morgan fingerprint density at radius 3 is 2.70 bits per heavy atom. The molecule has 1 N–H and O–H groups in total. The number of hydrogen-bond donors (Lipinski definition) is 1. The van der Waals surface area contributed by atoms with Crippen LogP contribution in [0.5, 0.6) is 0 Å². The van der Waals surface area contributed by atoms with Gasteiger partial charge < -0.3 is 9.88 Å². The van der Waals surface area contributed by atoms with E-state index in [-0.39, 0.29) is 11.2 Å². The van der Waals surface area contributed by atoms with Crippen LogP contribution in [-0.4, -0.2) is 31.5 Å². The van der Waals surface area contributed by atoms with Gasteiger partial charge in [-0.2, -0.15) is 5.26 Å². The first-order valence-corrected chi connectivity index (χ1v) is 10.3. The summed E-state index contributed by atoms with van der Waals surface area (Å²) in [5.41, 5.74) is 0.0657. The second-order valence-electron chi connectivity index (χ2n) is 6.85. The first-order valence-electron chi connectivity index (χ1n) is 9.00. The van der Waals surface area contributed by atoms with Gasteiger partial charge in [-0.15, -0.1) is 10.2 Å². The SMILES string of the molecule is CC(Sc1nnc(-c2ccccc2Cl)n1C)C(=O)NC1(C#N)CCCCC1. The highest BCUT2D eigenvalue weighted by Gasteiger charge is 2.35. The third-order valence-electron chi connectivity index (χ3n) is 4.88. The van der Waals surface area contributed by atoms with Gasteiger partial charge in [-0.25, -0.2) is 0 Å². The van der Waals surface area contributed by atoms with Gasteiger partial charge in [0.25, 0.3) is 0 Å². The number of benzene rings is 1. The zero-order chi connectivity index (χ0) is 19.4. The molecule has 8 heteroatoms. The molecule has 1 aliphatic rings. The standard InChI is InChI=1S/C19H22ClN5OS/c1-13(17(26)22-19(12-21)10-6-3-7-11-19)27-18-24-23-16(25(18)2)14-8-4-5-9-15(14)20/h4-5,8-9,13H,3,6-7,10-11H2,1-2H3,(H,22,26). The second kappa shape index (κ2) is 8.32. The molecule has 1 unspecified atom stereocenters. The van der Waals surface area contributed by atoms with E-state index in [1.165, 1.54) is 11.8 Å². The maximum absolute atomic E-state index is 12.7. The summed E-state index contributed by atoms with van der Waals surface area (Å²) in [6.45, 7) is 1.82. The van der Waals surface area contributed by atoms with Crippen molar-refractivity contribution in [2.24, 2.45) is 7.05 Å². The minimum atomic E-state index is -0.729. The van der Waals surface area contributed by atoms with Crippen LogP contribution < -0.4 is 5.32 Å². The van der Waals surface area contributed by atoms with Crippen molar-refractivity contribution in [1.82, 2.24) is 20.1 Å². The number of carbonyl (C=O) groups is 1. The van der Waals surface area contributed by atoms with Gasteiger partial charge in [0.2, 0.25) is 5.91 Å². The summed E-state index contributed by atoms with van der Waals surface area (Å²) in [6, 6.07) is 9.77. The van der Waals surface area contributed by atoms with Gasteiger partial charge in [0, 0.05) is 12.6 Å². The van der Waals surface area contributed by atoms with Gasteiger partial charge in [-0.05, 0) is 31.9 Å². The van der Waals surface area contributed by atoms with E-state index in [1.807, 2.05) is 36.7 Å². The van der Waals surface area contributed by atoms with E-state index in [0.717, 1.165) is 24.8 Å². The fourth-order valence-electron chi connectivity index (χ4n) is 3.26. The molecule has 1 aliphatic carbocycles. The number of nitrogens with zero attached hydrogens (tertiary/aromatic N) is 4. The highest BCUT2D eigenvalue weighted by Crippen LogP contribution is 2.31. The lowest BCUT2D eigenvalue weighted by Crippen LogP contribution is -2.50. The number of thioether (sulfide) groups is 1. The van der Waals surface area contributed by atoms with Crippen LogP contribution in [0.2, 0.25) is 5.02 Å². The Balaban J connectivity index is 1.71. The Kier molecular flexibility index (Phi) is 6.08. The molecule has 1 atom stereocenters. The Morgan fingerprint density at radius 1 is 1.33 bits per heavy atom. The number of hydrogen-bond acceptors (Lipinski definition) is 5. The van der Waals surface area contributed by atoms with E-state index < -0.39 is 5.54 Å². The quantitative estimate of drug-likeness (QED) is 0.764. The van der Waals surface area contributed by atoms with Gasteiger partial charge in [-0.3, -0.25) is 4.79 Å². The smallest absolute Gasteiger partial charge is 0.234 e. The van der Waals surface area contributed by atoms with Gasteiger partial charge in [-0.1, -0.05) is 54.8 Å². The van der Waals surface area contributed by atoms with Gasteiger partial charge in [0.05, 0.1) is 16.3 Å². The monoisotopic (exact) mass is 403 g/mol. The van der Waals surface area contributed by atoms with Crippen molar-refractivity contribution in [1.29, 1.82) is 5.26 Å². The van der Waals surface area contributed by atoms with E-state index in [4.69, 9.17) is 11.6 Å². The number of amides is 1. The summed E-state index contributed by atoms with van der Waals surface area (Å²) in [4.78, 5) is 12.7. The molecule has 0 spiro atoms. The summed E-state index contributed by atoms with van der Waals surface area (Å²) in [6.07, 6.45) is 4.49. The summed E-state index contributed by atoms with van der Waals surface area (Å²) in [5.74, 6) is 0.502. The molecule has 1 aromatic carbocycles. The lowest BCUT2D eigenvalue weighted by Gasteiger charge is -2.32. The number of carbonyl (C=O) groups excluding carboxylic acids is 1. The molecule has 0 saturated heterocycles. The lowest BCUT2D eigenvalue weighted by atomic mass is 9.83. The summed E-state index contributed by atoms with van der Waals surface area (Å²) in [5, 5.41) is 21.8. The molecular weight excluding hydrogens is 382 g/mol. The predicted octanol–water partition coefficient (Wildman–Crippen LogP) is 3.96. The Hall–Kier alpha value is -2.04. The van der Waals surface area contributed by atoms with Gasteiger partial charge in [0.15, 0.2) is 11.0 Å². The largest absolute Gasteiger partial charge is 0.337 e. The molecule has 3 rings (SSSR count). The molecule has 1 saturated carbocycles. The van der Waals surface area contributed by atoms with Crippen molar-refractivity contribution in [2.75, 3.05) is 0 Å². The molecule has 142 valence electrons. The molecular formula is C19H22ClN5OS. The maximum atomic E-state index is 12.7. The van der Waals surface area contributed by atoms with Crippen LogP contribution in [0, 0.1) is 11.3 Å². The third-order valence-corrected chi connectivity index (χ3v) is 6.35. The Bertz CT molecular complexity index is 869. The Labute approximate surface area is 168 Å². The number of rotatable bonds is 5. The molecule has 1 amide bonds. The van der Waals surface area contributed by atoms with Crippen molar-refractivity contribution >= 4 is 29.3 Å². The third kappa shape index (κ3) is 4.28. The van der Waals surface area contributed by atoms with Crippen molar-refractivity contribution in [3.8, 4) is 17.5 Å². The van der Waals surface area contributed by atoms with Crippen molar-refractivity contribution in [3.63, 3.8) is 0 Å². The van der Waals surface area contributed by atoms with Crippen molar-refractivity contribution in [3.05, 3.63) is 29.3 Å². The highest BCUT2D eigenvalue weighted by molar-refractivity contribution is 8.00. The van der Waals surface area contributed by atoms with Crippen molar-refractivity contribution in [2.45, 2.75) is 55.0 Å². The minimum absolute atomic E-state index is 0.147. The zero-order valence-electron chi connectivity index (χ0n) is 15.4. The molecule has 0 radical (unpaired) electrons. The summed E-state index contributed by atoms with van der Waals surface area (Å²) < 4.78 is 1.83. The van der Waals surface area contributed by atoms with Gasteiger partial charge >= 0.3 is 0 Å². The fraction of sp³-hybridized carbons (Fsp3) is 0.474. The number of nitrogens with one attached hydrogen (secondary N) is 1. The predicted molar refractivity (Wildman–Crippen MR) is 106 cm³/mol. The van der Waals surface area contributed by atoms with E-state index in [0.29, 0.717) is 28.8 Å². The maximum Gasteiger partial charge on any atom is 0.234 e. The van der Waals surface area contributed by atoms with Crippen LogP contribution in [0.1, 0.15) is 39.0 Å². The molecule has 1 fully saturated rings. The number of nitriles is 1. The molecule has 2 aromatic rings. The van der Waals surface area contributed by atoms with Crippen molar-refractivity contribution < 1.29 is 4.79 Å². The number of halogens is 1. The van der Waals surface area contributed by atoms with Crippen LogP contribution in [0.3, 0.4) is 0 Å². The van der Waals surface area contributed by atoms with E-state index >= 15 is 0 Å². The van der Waals surface area contributed by atoms with Crippen LogP contribution >= 0.6 is 23.4 Å². The topological polar surface area (TPSA) is 83.6 Å². The van der Waals surface area contributed by atoms with Gasteiger partial charge in [0.1, 0.15) is 5.54 Å². The first-order chi connectivity index (χ1) is 13.0. The molecule has 0 aliphatic heterocycles. The molecule has 6 nitrogen and oxygen atoms in total. The van der Waals surface area contributed by atoms with E-state index in [9.17, 15) is 10.1 Å². The first kappa shape index (κ1) is 19.7. The van der Waals surface area contributed by atoms with Crippen LogP contribution in [0.4, 0.5) is 0 Å². The summed E-state index contributed by atoms with van der Waals surface area (Å²) >= 11 is 7.58. The highest BCUT2D eigenvalue weighted by atomic mass is 35.5. The molecule has 1 heterocycles. The van der Waals surface area contributed by atoms with Crippen LogP contribution in [0.15, 0.2) is 29.4 Å². The molecule has 0 bridgehead atoms. The average Bonchev–Trinajstić information content (AvgIpc) is 3.03. The molecule has 27 heavy (non-hydrogen) atoms. The minimum Gasteiger partial charge on any atom is -0.337 e. The average molecular weight is 404 g/mol. The normalized spacial score (nSPS) is 17.1. The second-order valence-corrected chi connectivity index (χ2v) is 8.56. The zero-order valence-corrected chi connectivity index (χ0v) is 17.0. The van der Waals surface area contributed by atoms with Crippen LogP contribution in [0.25, 0.3) is 11.4 Å². The van der Waals surface area contributed by atoms with E-state index in [2.05, 4.69) is 21.6 Å². The lowest BCUT2D eigenvalue weighted by molar-refractivity contribution is -0.121.